The molecular formula is C17H19NOS. The number of amides is 1. The van der Waals surface area contributed by atoms with Gasteiger partial charge in [0.2, 0.25) is 5.91 Å². The van der Waals surface area contributed by atoms with E-state index in [-0.39, 0.29) is 17.9 Å². The van der Waals surface area contributed by atoms with E-state index in [1.165, 1.54) is 16.0 Å². The molecule has 0 fully saturated rings. The van der Waals surface area contributed by atoms with Gasteiger partial charge in [0.25, 0.3) is 0 Å². The van der Waals surface area contributed by atoms with Crippen LogP contribution < -0.4 is 5.32 Å². The van der Waals surface area contributed by atoms with Crippen molar-refractivity contribution < 1.29 is 4.79 Å². The topological polar surface area (TPSA) is 29.1 Å². The minimum atomic E-state index is 0.0161. The van der Waals surface area contributed by atoms with Gasteiger partial charge < -0.3 is 5.32 Å². The van der Waals surface area contributed by atoms with Crippen LogP contribution in [0.1, 0.15) is 47.7 Å². The molecule has 0 bridgehead atoms. The SMILES string of the molecule is CC(NC(=O)C1CCCc2ccccc21)c1cccs1. The number of hydrogen-bond donors (Lipinski definition) is 1. The Morgan fingerprint density at radius 1 is 1.30 bits per heavy atom. The van der Waals surface area contributed by atoms with Crippen molar-refractivity contribution in [1.82, 2.24) is 5.32 Å². The van der Waals surface area contributed by atoms with Crippen LogP contribution in [-0.4, -0.2) is 5.91 Å². The third-order valence-corrected chi connectivity index (χ3v) is 5.07. The van der Waals surface area contributed by atoms with Gasteiger partial charge in [0.05, 0.1) is 12.0 Å². The highest BCUT2D eigenvalue weighted by Crippen LogP contribution is 2.32. The van der Waals surface area contributed by atoms with Crippen LogP contribution in [0.5, 0.6) is 0 Å². The number of carbonyl (C=O) groups is 1. The normalized spacial score (nSPS) is 19.1. The summed E-state index contributed by atoms with van der Waals surface area (Å²) < 4.78 is 0. The van der Waals surface area contributed by atoms with Crippen LogP contribution >= 0.6 is 11.3 Å². The second-order valence-electron chi connectivity index (χ2n) is 5.39. The minimum absolute atomic E-state index is 0.0161. The molecule has 20 heavy (non-hydrogen) atoms. The lowest BCUT2D eigenvalue weighted by Crippen LogP contribution is -2.33. The van der Waals surface area contributed by atoms with E-state index in [1.54, 1.807) is 11.3 Å². The molecule has 0 radical (unpaired) electrons. The summed E-state index contributed by atoms with van der Waals surface area (Å²) in [5.41, 5.74) is 2.55. The Bertz CT molecular complexity index is 591. The predicted molar refractivity (Wildman–Crippen MR) is 83.0 cm³/mol. The van der Waals surface area contributed by atoms with Crippen molar-refractivity contribution in [3.05, 3.63) is 57.8 Å². The van der Waals surface area contributed by atoms with E-state index in [4.69, 9.17) is 0 Å². The molecule has 1 heterocycles. The Balaban J connectivity index is 1.75. The fourth-order valence-electron chi connectivity index (χ4n) is 2.95. The summed E-state index contributed by atoms with van der Waals surface area (Å²) in [6.07, 6.45) is 3.16. The van der Waals surface area contributed by atoms with Crippen LogP contribution in [0.2, 0.25) is 0 Å². The van der Waals surface area contributed by atoms with Crippen LogP contribution in [-0.2, 0) is 11.2 Å². The number of aryl methyl sites for hydroxylation is 1. The molecule has 0 saturated heterocycles. The molecule has 1 aliphatic rings. The monoisotopic (exact) mass is 285 g/mol. The Hall–Kier alpha value is -1.61. The summed E-state index contributed by atoms with van der Waals surface area (Å²) >= 11 is 1.69. The first-order chi connectivity index (χ1) is 9.75. The molecule has 104 valence electrons. The summed E-state index contributed by atoms with van der Waals surface area (Å²) in [6.45, 7) is 2.05. The molecule has 1 aliphatic carbocycles. The van der Waals surface area contributed by atoms with Gasteiger partial charge in [-0.1, -0.05) is 30.3 Å². The van der Waals surface area contributed by atoms with Crippen molar-refractivity contribution in [2.45, 2.75) is 38.1 Å². The van der Waals surface area contributed by atoms with Crippen LogP contribution in [0, 0.1) is 0 Å². The first-order valence-corrected chi connectivity index (χ1v) is 8.05. The molecule has 3 rings (SSSR count). The lowest BCUT2D eigenvalue weighted by atomic mass is 9.82. The van der Waals surface area contributed by atoms with Crippen molar-refractivity contribution in [3.8, 4) is 0 Å². The highest BCUT2D eigenvalue weighted by Gasteiger charge is 2.27. The molecule has 1 N–H and O–H groups in total. The maximum Gasteiger partial charge on any atom is 0.228 e. The molecular weight excluding hydrogens is 266 g/mol. The van der Waals surface area contributed by atoms with Gasteiger partial charge in [-0.2, -0.15) is 0 Å². The maximum atomic E-state index is 12.6. The summed E-state index contributed by atoms with van der Waals surface area (Å²) in [5, 5.41) is 5.21. The highest BCUT2D eigenvalue weighted by molar-refractivity contribution is 7.10. The molecule has 2 nitrogen and oxygen atoms in total. The second kappa shape index (κ2) is 5.80. The van der Waals surface area contributed by atoms with Gasteiger partial charge in [-0.05, 0) is 48.8 Å². The van der Waals surface area contributed by atoms with Gasteiger partial charge in [0.1, 0.15) is 0 Å². The van der Waals surface area contributed by atoms with Crippen LogP contribution in [0.15, 0.2) is 41.8 Å². The van der Waals surface area contributed by atoms with Crippen molar-refractivity contribution >= 4 is 17.2 Å². The molecule has 0 saturated carbocycles. The number of rotatable bonds is 3. The van der Waals surface area contributed by atoms with Gasteiger partial charge in [0.15, 0.2) is 0 Å². The molecule has 3 heteroatoms. The zero-order valence-corrected chi connectivity index (χ0v) is 12.5. The van der Waals surface area contributed by atoms with Gasteiger partial charge >= 0.3 is 0 Å². The van der Waals surface area contributed by atoms with Crippen LogP contribution in [0.3, 0.4) is 0 Å². The Kier molecular flexibility index (Phi) is 3.88. The Morgan fingerprint density at radius 2 is 2.15 bits per heavy atom. The average molecular weight is 285 g/mol. The number of fused-ring (bicyclic) bond motifs is 1. The standard InChI is InChI=1S/C17H19NOS/c1-12(16-10-5-11-20-16)18-17(19)15-9-4-7-13-6-2-3-8-14(13)15/h2-3,5-6,8,10-12,15H,4,7,9H2,1H3,(H,18,19). The van der Waals surface area contributed by atoms with Crippen LogP contribution in [0.25, 0.3) is 0 Å². The van der Waals surface area contributed by atoms with Gasteiger partial charge in [-0.3, -0.25) is 4.79 Å². The molecule has 0 spiro atoms. The summed E-state index contributed by atoms with van der Waals surface area (Å²) in [5.74, 6) is 0.181. The Morgan fingerprint density at radius 3 is 2.95 bits per heavy atom. The second-order valence-corrected chi connectivity index (χ2v) is 6.37. The van der Waals surface area contributed by atoms with E-state index in [2.05, 4.69) is 36.5 Å². The predicted octanol–water partition coefficient (Wildman–Crippen LogP) is 4.05. The molecule has 1 aromatic carbocycles. The van der Waals surface area contributed by atoms with E-state index in [0.717, 1.165) is 19.3 Å². The lowest BCUT2D eigenvalue weighted by Gasteiger charge is -2.26. The molecule has 1 amide bonds. The molecule has 2 atom stereocenters. The minimum Gasteiger partial charge on any atom is -0.348 e. The van der Waals surface area contributed by atoms with E-state index in [0.29, 0.717) is 0 Å². The number of nitrogens with one attached hydrogen (secondary N) is 1. The summed E-state index contributed by atoms with van der Waals surface area (Å²) in [7, 11) is 0. The lowest BCUT2D eigenvalue weighted by molar-refractivity contribution is -0.123. The van der Waals surface area contributed by atoms with E-state index in [9.17, 15) is 4.79 Å². The molecule has 0 aliphatic heterocycles. The van der Waals surface area contributed by atoms with Gasteiger partial charge in [0, 0.05) is 4.88 Å². The number of thiophene rings is 1. The number of hydrogen-bond acceptors (Lipinski definition) is 2. The first kappa shape index (κ1) is 13.4. The van der Waals surface area contributed by atoms with Crippen molar-refractivity contribution in [2.24, 2.45) is 0 Å². The third-order valence-electron chi connectivity index (χ3n) is 4.01. The van der Waals surface area contributed by atoms with Crippen LogP contribution in [0.4, 0.5) is 0 Å². The van der Waals surface area contributed by atoms with Gasteiger partial charge in [-0.15, -0.1) is 11.3 Å². The zero-order chi connectivity index (χ0) is 13.9. The molecule has 2 aromatic rings. The fourth-order valence-corrected chi connectivity index (χ4v) is 3.68. The van der Waals surface area contributed by atoms with E-state index < -0.39 is 0 Å². The quantitative estimate of drug-likeness (QED) is 0.906. The smallest absolute Gasteiger partial charge is 0.228 e. The maximum absolute atomic E-state index is 12.6. The molecule has 1 aromatic heterocycles. The third kappa shape index (κ3) is 2.63. The van der Waals surface area contributed by atoms with Crippen molar-refractivity contribution in [1.29, 1.82) is 0 Å². The van der Waals surface area contributed by atoms with E-state index >= 15 is 0 Å². The average Bonchev–Trinajstić information content (AvgIpc) is 3.01. The van der Waals surface area contributed by atoms with Crippen molar-refractivity contribution in [2.75, 3.05) is 0 Å². The van der Waals surface area contributed by atoms with Gasteiger partial charge in [-0.25, -0.2) is 0 Å². The highest BCUT2D eigenvalue weighted by atomic mass is 32.1. The van der Waals surface area contributed by atoms with Crippen molar-refractivity contribution in [3.63, 3.8) is 0 Å². The largest absolute Gasteiger partial charge is 0.348 e. The summed E-state index contributed by atoms with van der Waals surface area (Å²) in [4.78, 5) is 13.8. The molecule has 2 unspecified atom stereocenters. The fraction of sp³-hybridized carbons (Fsp3) is 0.353. The zero-order valence-electron chi connectivity index (χ0n) is 11.6. The van der Waals surface area contributed by atoms with E-state index in [1.807, 2.05) is 17.5 Å². The Labute approximate surface area is 123 Å². The number of benzene rings is 1. The summed E-state index contributed by atoms with van der Waals surface area (Å²) in [6, 6.07) is 12.5. The first-order valence-electron chi connectivity index (χ1n) is 7.17. The number of carbonyl (C=O) groups excluding carboxylic acids is 1.